The lowest BCUT2D eigenvalue weighted by molar-refractivity contribution is 0.0711. The van der Waals surface area contributed by atoms with Crippen molar-refractivity contribution >= 4 is 10.2 Å². The van der Waals surface area contributed by atoms with E-state index >= 15 is 0 Å². The van der Waals surface area contributed by atoms with E-state index in [0.717, 1.165) is 0 Å². The molecule has 0 saturated carbocycles. The summed E-state index contributed by atoms with van der Waals surface area (Å²) in [7, 11) is 3.22. The van der Waals surface area contributed by atoms with Crippen molar-refractivity contribution in [3.8, 4) is 0 Å². The van der Waals surface area contributed by atoms with Gasteiger partial charge < -0.3 is 10.0 Å². The molecule has 0 aromatic heterocycles. The van der Waals surface area contributed by atoms with Gasteiger partial charge in [-0.25, -0.2) is 0 Å². The third kappa shape index (κ3) is 4.66. The smallest absolute Gasteiger partial charge is 0.282 e. The molecule has 0 spiro atoms. The van der Waals surface area contributed by atoms with Gasteiger partial charge in [-0.1, -0.05) is 6.92 Å². The maximum atomic E-state index is 12.5. The Kier molecular flexibility index (Phi) is 7.10. The van der Waals surface area contributed by atoms with Crippen LogP contribution in [0.3, 0.4) is 0 Å². The summed E-state index contributed by atoms with van der Waals surface area (Å²) >= 11 is 0. The fourth-order valence-electron chi connectivity index (χ4n) is 1.60. The van der Waals surface area contributed by atoms with Gasteiger partial charge in [-0.05, 0) is 41.3 Å². The van der Waals surface area contributed by atoms with Gasteiger partial charge in [0.1, 0.15) is 0 Å². The van der Waals surface area contributed by atoms with Crippen LogP contribution in [-0.2, 0) is 10.2 Å². The van der Waals surface area contributed by atoms with E-state index in [2.05, 4.69) is 0 Å². The third-order valence-electron chi connectivity index (χ3n) is 4.27. The van der Waals surface area contributed by atoms with Gasteiger partial charge in [0.15, 0.2) is 0 Å². The van der Waals surface area contributed by atoms with Crippen molar-refractivity contribution < 1.29 is 13.5 Å². The second-order valence-corrected chi connectivity index (χ2v) is 8.26. The molecule has 122 valence electrons. The number of likely N-dealkylation sites (N-methyl/N-ethyl adjacent to an activating group) is 2. The molecule has 1 N–H and O–H groups in total. The highest BCUT2D eigenvalue weighted by Crippen LogP contribution is 2.22. The van der Waals surface area contributed by atoms with Gasteiger partial charge in [-0.15, -0.1) is 0 Å². The molecule has 2 atom stereocenters. The minimum absolute atomic E-state index is 0.0752. The summed E-state index contributed by atoms with van der Waals surface area (Å²) in [6.45, 7) is 7.67. The van der Waals surface area contributed by atoms with Crippen molar-refractivity contribution in [2.24, 2.45) is 0 Å². The largest absolute Gasteiger partial charge is 0.390 e. The Labute approximate surface area is 124 Å². The second-order valence-electron chi connectivity index (χ2n) is 6.19. The molecular formula is C13H31N3O3S. The molecule has 20 heavy (non-hydrogen) atoms. The zero-order valence-corrected chi connectivity index (χ0v) is 14.9. The quantitative estimate of drug-likeness (QED) is 0.713. The summed E-state index contributed by atoms with van der Waals surface area (Å²) in [5.74, 6) is 0. The molecule has 6 nitrogen and oxygen atoms in total. The van der Waals surface area contributed by atoms with Crippen LogP contribution in [0.2, 0.25) is 0 Å². The van der Waals surface area contributed by atoms with Crippen molar-refractivity contribution in [3.63, 3.8) is 0 Å². The monoisotopic (exact) mass is 309 g/mol. The van der Waals surface area contributed by atoms with Gasteiger partial charge in [-0.3, -0.25) is 0 Å². The van der Waals surface area contributed by atoms with Crippen LogP contribution < -0.4 is 0 Å². The number of hydrogen-bond acceptors (Lipinski definition) is 4. The highest BCUT2D eigenvalue weighted by molar-refractivity contribution is 7.86. The number of hydrogen-bond donors (Lipinski definition) is 1. The first-order valence-electron chi connectivity index (χ1n) is 6.92. The first-order chi connectivity index (χ1) is 8.87. The molecule has 0 bridgehead atoms. The molecular weight excluding hydrogens is 278 g/mol. The summed E-state index contributed by atoms with van der Waals surface area (Å²) < 4.78 is 27.6. The SMILES string of the molecule is CCC(C)(C)N(C)S(=O)(=O)N(C)CC(O)C(C)N(C)C. The van der Waals surface area contributed by atoms with Crippen LogP contribution in [0.5, 0.6) is 0 Å². The van der Waals surface area contributed by atoms with E-state index in [-0.39, 0.29) is 12.6 Å². The van der Waals surface area contributed by atoms with Gasteiger partial charge in [-0.2, -0.15) is 17.0 Å². The van der Waals surface area contributed by atoms with E-state index in [0.29, 0.717) is 6.42 Å². The summed E-state index contributed by atoms with van der Waals surface area (Å²) in [6.07, 6.45) is -0.0179. The fourth-order valence-corrected chi connectivity index (χ4v) is 3.11. The van der Waals surface area contributed by atoms with E-state index in [4.69, 9.17) is 0 Å². The van der Waals surface area contributed by atoms with Crippen molar-refractivity contribution in [1.29, 1.82) is 0 Å². The Balaban J connectivity index is 4.97. The molecule has 0 saturated heterocycles. The average molecular weight is 309 g/mol. The number of aliphatic hydroxyl groups excluding tert-OH is 1. The van der Waals surface area contributed by atoms with E-state index in [1.54, 1.807) is 7.05 Å². The zero-order valence-electron chi connectivity index (χ0n) is 14.1. The molecule has 2 unspecified atom stereocenters. The number of nitrogens with zero attached hydrogens (tertiary/aromatic N) is 3. The maximum Gasteiger partial charge on any atom is 0.282 e. The second kappa shape index (κ2) is 7.17. The van der Waals surface area contributed by atoms with E-state index in [1.165, 1.54) is 15.7 Å². The number of aliphatic hydroxyl groups is 1. The molecule has 0 aliphatic rings. The van der Waals surface area contributed by atoms with E-state index < -0.39 is 21.9 Å². The predicted octanol–water partition coefficient (Wildman–Crippen LogP) is 0.594. The highest BCUT2D eigenvalue weighted by Gasteiger charge is 2.35. The highest BCUT2D eigenvalue weighted by atomic mass is 32.2. The topological polar surface area (TPSA) is 64.1 Å². The first kappa shape index (κ1) is 19.8. The lowest BCUT2D eigenvalue weighted by Gasteiger charge is -2.37. The van der Waals surface area contributed by atoms with Crippen molar-refractivity contribution in [2.45, 2.75) is 51.8 Å². The molecule has 0 aromatic carbocycles. The van der Waals surface area contributed by atoms with Crippen molar-refractivity contribution in [3.05, 3.63) is 0 Å². The van der Waals surface area contributed by atoms with Crippen molar-refractivity contribution in [2.75, 3.05) is 34.7 Å². The molecule has 0 aromatic rings. The molecule has 0 radical (unpaired) electrons. The fraction of sp³-hybridized carbons (Fsp3) is 1.00. The average Bonchev–Trinajstić information content (AvgIpc) is 2.36. The van der Waals surface area contributed by atoms with Crippen LogP contribution in [0, 0.1) is 0 Å². The Morgan fingerprint density at radius 3 is 1.95 bits per heavy atom. The Morgan fingerprint density at radius 2 is 1.60 bits per heavy atom. The van der Waals surface area contributed by atoms with Crippen LogP contribution in [0.15, 0.2) is 0 Å². The van der Waals surface area contributed by atoms with Crippen LogP contribution >= 0.6 is 0 Å². The summed E-state index contributed by atoms with van der Waals surface area (Å²) in [6, 6.07) is -0.114. The Bertz CT molecular complexity index is 396. The van der Waals surface area contributed by atoms with Crippen molar-refractivity contribution in [1.82, 2.24) is 13.5 Å². The molecule has 0 rings (SSSR count). The van der Waals surface area contributed by atoms with Gasteiger partial charge in [0.05, 0.1) is 6.10 Å². The van der Waals surface area contributed by atoms with Gasteiger partial charge in [0, 0.05) is 32.2 Å². The summed E-state index contributed by atoms with van der Waals surface area (Å²) in [5.41, 5.74) is -0.453. The Morgan fingerprint density at radius 1 is 1.15 bits per heavy atom. The first-order valence-corrected chi connectivity index (χ1v) is 8.32. The van der Waals surface area contributed by atoms with Crippen LogP contribution in [0.4, 0.5) is 0 Å². The third-order valence-corrected chi connectivity index (χ3v) is 6.40. The minimum Gasteiger partial charge on any atom is -0.390 e. The lowest BCUT2D eigenvalue weighted by atomic mass is 10.0. The van der Waals surface area contributed by atoms with Crippen LogP contribution in [-0.4, -0.2) is 79.5 Å². The predicted molar refractivity (Wildman–Crippen MR) is 82.8 cm³/mol. The molecule has 0 heterocycles. The summed E-state index contributed by atoms with van der Waals surface area (Å²) in [4.78, 5) is 1.87. The summed E-state index contributed by atoms with van der Waals surface area (Å²) in [5, 5.41) is 10.1. The standard InChI is InChI=1S/C13H31N3O3S/c1-9-13(3,4)16(8)20(18,19)15(7)10-12(17)11(2)14(5)6/h11-12,17H,9-10H2,1-8H3. The molecule has 0 fully saturated rings. The van der Waals surface area contributed by atoms with Crippen LogP contribution in [0.25, 0.3) is 0 Å². The molecule has 0 amide bonds. The van der Waals surface area contributed by atoms with Crippen LogP contribution in [0.1, 0.15) is 34.1 Å². The molecule has 0 aliphatic heterocycles. The van der Waals surface area contributed by atoms with Gasteiger partial charge >= 0.3 is 0 Å². The Hall–Kier alpha value is -0.210. The van der Waals surface area contributed by atoms with Gasteiger partial charge in [0.25, 0.3) is 10.2 Å². The zero-order chi connectivity index (χ0) is 16.3. The minimum atomic E-state index is -3.57. The maximum absolute atomic E-state index is 12.5. The van der Waals surface area contributed by atoms with E-state index in [9.17, 15) is 13.5 Å². The van der Waals surface area contributed by atoms with E-state index in [1.807, 2.05) is 46.7 Å². The lowest BCUT2D eigenvalue weighted by Crippen LogP contribution is -2.53. The molecule has 0 aliphatic carbocycles. The molecule has 7 heteroatoms. The number of rotatable bonds is 8. The normalized spacial score (nSPS) is 17.0. The van der Waals surface area contributed by atoms with Gasteiger partial charge in [0.2, 0.25) is 0 Å².